The van der Waals surface area contributed by atoms with E-state index in [-0.39, 0.29) is 0 Å². The van der Waals surface area contributed by atoms with Crippen molar-refractivity contribution in [2.75, 3.05) is 12.8 Å². The van der Waals surface area contributed by atoms with Crippen LogP contribution in [0.5, 0.6) is 0 Å². The lowest BCUT2D eigenvalue weighted by atomic mass is 10.1. The van der Waals surface area contributed by atoms with Gasteiger partial charge in [0.2, 0.25) is 0 Å². The zero-order valence-electron chi connectivity index (χ0n) is 18.2. The topological polar surface area (TPSA) is 78.3 Å². The van der Waals surface area contributed by atoms with Gasteiger partial charge in [-0.05, 0) is 30.9 Å². The second kappa shape index (κ2) is 9.60. The summed E-state index contributed by atoms with van der Waals surface area (Å²) in [4.78, 5) is 14.6. The molecule has 0 radical (unpaired) electrons. The van der Waals surface area contributed by atoms with Crippen LogP contribution in [0.25, 0.3) is 21.9 Å². The van der Waals surface area contributed by atoms with Crippen LogP contribution in [0.4, 0.5) is 5.82 Å². The number of aromatic nitrogens is 3. The van der Waals surface area contributed by atoms with Crippen LogP contribution >= 0.6 is 0 Å². The Kier molecular flexibility index (Phi) is 6.46. The van der Waals surface area contributed by atoms with Gasteiger partial charge in [-0.15, -0.1) is 0 Å². The number of nitrogen functional groups attached to an aromatic ring is 1. The molecule has 6 nitrogen and oxygen atoms in total. The number of oxime groups is 1. The highest BCUT2D eigenvalue weighted by molar-refractivity contribution is 6.06. The van der Waals surface area contributed by atoms with Gasteiger partial charge < -0.3 is 15.1 Å². The van der Waals surface area contributed by atoms with Crippen LogP contribution in [-0.2, 0) is 17.8 Å². The monoisotopic (exact) mass is 415 g/mol. The Morgan fingerprint density at radius 1 is 1.03 bits per heavy atom. The first-order chi connectivity index (χ1) is 15.2. The molecule has 0 fully saturated rings. The molecule has 2 aromatic carbocycles. The number of anilines is 1. The van der Waals surface area contributed by atoms with Crippen LogP contribution in [0.1, 0.15) is 44.0 Å². The Bertz CT molecular complexity index is 1200. The van der Waals surface area contributed by atoms with Crippen LogP contribution < -0.4 is 5.73 Å². The zero-order chi connectivity index (χ0) is 21.6. The minimum atomic E-state index is 0.496. The molecule has 0 saturated carbocycles. The van der Waals surface area contributed by atoms with E-state index in [1.807, 2.05) is 36.4 Å². The van der Waals surface area contributed by atoms with Crippen molar-refractivity contribution in [3.05, 3.63) is 66.0 Å². The molecule has 0 bridgehead atoms. The maximum atomic E-state index is 6.30. The zero-order valence-corrected chi connectivity index (χ0v) is 18.2. The molecular formula is C25H29N5O. The molecule has 0 aliphatic carbocycles. The van der Waals surface area contributed by atoms with E-state index in [9.17, 15) is 0 Å². The number of pyridine rings is 1. The summed E-state index contributed by atoms with van der Waals surface area (Å²) in [5, 5.41) is 5.37. The number of rotatable bonds is 9. The fourth-order valence-corrected chi connectivity index (χ4v) is 4.06. The van der Waals surface area contributed by atoms with Crippen molar-refractivity contribution in [1.82, 2.24) is 14.5 Å². The van der Waals surface area contributed by atoms with E-state index in [0.717, 1.165) is 77.7 Å². The van der Waals surface area contributed by atoms with E-state index in [1.165, 1.54) is 0 Å². The molecular weight excluding hydrogens is 386 g/mol. The molecule has 2 aromatic heterocycles. The number of fused-ring (bicyclic) bond motifs is 3. The van der Waals surface area contributed by atoms with Crippen molar-refractivity contribution in [3.8, 4) is 0 Å². The maximum Gasteiger partial charge on any atom is 0.152 e. The molecule has 2 N–H and O–H groups in total. The summed E-state index contributed by atoms with van der Waals surface area (Å²) in [5.74, 6) is 1.57. The van der Waals surface area contributed by atoms with Crippen LogP contribution in [0.3, 0.4) is 0 Å². The molecule has 160 valence electrons. The summed E-state index contributed by atoms with van der Waals surface area (Å²) in [6.07, 6.45) is 4.86. The Labute approximate surface area is 182 Å². The maximum absolute atomic E-state index is 6.30. The molecule has 0 unspecified atom stereocenters. The van der Waals surface area contributed by atoms with Gasteiger partial charge >= 0.3 is 0 Å². The predicted molar refractivity (Wildman–Crippen MR) is 127 cm³/mol. The number of imidazole rings is 1. The van der Waals surface area contributed by atoms with Crippen molar-refractivity contribution >= 4 is 33.5 Å². The Morgan fingerprint density at radius 3 is 2.58 bits per heavy atom. The normalized spacial score (nSPS) is 12.0. The first-order valence-electron chi connectivity index (χ1n) is 10.9. The van der Waals surface area contributed by atoms with Gasteiger partial charge in [0.1, 0.15) is 18.5 Å². The number of para-hydroxylation sites is 1. The molecule has 0 spiro atoms. The lowest BCUT2D eigenvalue weighted by Crippen LogP contribution is -2.08. The second-order valence-electron chi connectivity index (χ2n) is 7.68. The van der Waals surface area contributed by atoms with Gasteiger partial charge in [0.05, 0.1) is 16.7 Å². The molecule has 31 heavy (non-hydrogen) atoms. The van der Waals surface area contributed by atoms with E-state index in [2.05, 4.69) is 39.8 Å². The van der Waals surface area contributed by atoms with Crippen LogP contribution in [0, 0.1) is 0 Å². The van der Waals surface area contributed by atoms with Crippen molar-refractivity contribution in [3.63, 3.8) is 0 Å². The van der Waals surface area contributed by atoms with Gasteiger partial charge in [0, 0.05) is 18.4 Å². The molecule has 2 heterocycles. The standard InChI is InChI=1S/C25H29N5O/c1-3-4-16-22-28-23-24(19-13-8-9-14-21(19)27-25(23)26)30(22)17-10-15-20(29-31-2)18-11-6-5-7-12-18/h5-9,11-14H,3-4,10,15-17H2,1-2H3,(H2,26,27)/b29-20-. The molecule has 0 saturated heterocycles. The third kappa shape index (κ3) is 4.38. The summed E-state index contributed by atoms with van der Waals surface area (Å²) in [5.41, 5.74) is 11.1. The number of unbranched alkanes of at least 4 members (excludes halogenated alkanes) is 1. The lowest BCUT2D eigenvalue weighted by Gasteiger charge is -2.12. The first kappa shape index (κ1) is 20.8. The van der Waals surface area contributed by atoms with Gasteiger partial charge in [-0.2, -0.15) is 0 Å². The highest BCUT2D eigenvalue weighted by atomic mass is 16.6. The number of benzene rings is 2. The molecule has 0 amide bonds. The van der Waals surface area contributed by atoms with Gasteiger partial charge in [0.25, 0.3) is 0 Å². The number of hydrogen-bond donors (Lipinski definition) is 1. The smallest absolute Gasteiger partial charge is 0.152 e. The van der Waals surface area contributed by atoms with Gasteiger partial charge in [0.15, 0.2) is 5.82 Å². The van der Waals surface area contributed by atoms with Crippen LogP contribution in [-0.4, -0.2) is 27.4 Å². The molecule has 4 rings (SSSR count). The number of nitrogens with zero attached hydrogens (tertiary/aromatic N) is 4. The fraction of sp³-hybridized carbons (Fsp3) is 0.320. The van der Waals surface area contributed by atoms with Gasteiger partial charge in [-0.3, -0.25) is 0 Å². The molecule has 0 aliphatic heterocycles. The van der Waals surface area contributed by atoms with Crippen molar-refractivity contribution in [1.29, 1.82) is 0 Å². The summed E-state index contributed by atoms with van der Waals surface area (Å²) >= 11 is 0. The average molecular weight is 416 g/mol. The lowest BCUT2D eigenvalue weighted by molar-refractivity contribution is 0.212. The largest absolute Gasteiger partial charge is 0.399 e. The number of nitrogens with two attached hydrogens (primary N) is 1. The molecule has 6 heteroatoms. The summed E-state index contributed by atoms with van der Waals surface area (Å²) in [7, 11) is 1.59. The third-order valence-electron chi connectivity index (χ3n) is 5.55. The van der Waals surface area contributed by atoms with E-state index in [1.54, 1.807) is 7.11 Å². The van der Waals surface area contributed by atoms with Crippen LogP contribution in [0.15, 0.2) is 59.8 Å². The third-order valence-corrected chi connectivity index (χ3v) is 5.55. The van der Waals surface area contributed by atoms with E-state index < -0.39 is 0 Å². The highest BCUT2D eigenvalue weighted by Crippen LogP contribution is 2.29. The quantitative estimate of drug-likeness (QED) is 0.296. The molecule has 4 aromatic rings. The summed E-state index contributed by atoms with van der Waals surface area (Å²) < 4.78 is 2.33. The number of hydrogen-bond acceptors (Lipinski definition) is 5. The SMILES string of the molecule is CCCCc1nc2c(N)nc3ccccc3c2n1CCC/C(=N/OC)c1ccccc1. The predicted octanol–water partition coefficient (Wildman–Crippen LogP) is 5.34. The minimum absolute atomic E-state index is 0.496. The Hall–Kier alpha value is -3.41. The van der Waals surface area contributed by atoms with E-state index >= 15 is 0 Å². The van der Waals surface area contributed by atoms with Gasteiger partial charge in [-0.25, -0.2) is 9.97 Å². The van der Waals surface area contributed by atoms with Crippen molar-refractivity contribution in [2.24, 2.45) is 5.16 Å². The van der Waals surface area contributed by atoms with Crippen molar-refractivity contribution < 1.29 is 4.84 Å². The van der Waals surface area contributed by atoms with E-state index in [0.29, 0.717) is 5.82 Å². The Balaban J connectivity index is 1.69. The van der Waals surface area contributed by atoms with Gasteiger partial charge in [-0.1, -0.05) is 67.0 Å². The summed E-state index contributed by atoms with van der Waals surface area (Å²) in [6, 6.07) is 18.3. The molecule has 0 atom stereocenters. The summed E-state index contributed by atoms with van der Waals surface area (Å²) in [6.45, 7) is 3.03. The average Bonchev–Trinajstić information content (AvgIpc) is 3.17. The van der Waals surface area contributed by atoms with Crippen molar-refractivity contribution in [2.45, 2.75) is 45.6 Å². The minimum Gasteiger partial charge on any atom is -0.399 e. The highest BCUT2D eigenvalue weighted by Gasteiger charge is 2.17. The second-order valence-corrected chi connectivity index (χ2v) is 7.68. The fourth-order valence-electron chi connectivity index (χ4n) is 4.06. The van der Waals surface area contributed by atoms with Crippen LogP contribution in [0.2, 0.25) is 0 Å². The Morgan fingerprint density at radius 2 is 1.81 bits per heavy atom. The number of aryl methyl sites for hydroxylation is 2. The molecule has 0 aliphatic rings. The first-order valence-corrected chi connectivity index (χ1v) is 10.9. The van der Waals surface area contributed by atoms with E-state index in [4.69, 9.17) is 15.6 Å².